The average Bonchev–Trinajstić information content (AvgIpc) is 2.62. The van der Waals surface area contributed by atoms with Gasteiger partial charge in [0, 0.05) is 23.1 Å². The standard InChI is InChI=1S/C18H13F3N4O2/c19-18(20,21)13-2-1-3-15(8-13)25-17(27)12(9-22)10-24-16(26)11-4-6-14(23)7-5-11/h1-8,10H,23H2,(H,24,26)(H,25,27)/b12-10-. The van der Waals surface area contributed by atoms with Crippen LogP contribution in [0.25, 0.3) is 0 Å². The first kappa shape index (κ1) is 19.5. The molecule has 27 heavy (non-hydrogen) atoms. The Morgan fingerprint density at radius 2 is 1.78 bits per heavy atom. The number of nitrogens with two attached hydrogens (primary N) is 1. The zero-order chi connectivity index (χ0) is 20.0. The maximum Gasteiger partial charge on any atom is 0.416 e. The quantitative estimate of drug-likeness (QED) is 0.434. The Morgan fingerprint density at radius 3 is 2.37 bits per heavy atom. The van der Waals surface area contributed by atoms with Crippen LogP contribution < -0.4 is 16.4 Å². The summed E-state index contributed by atoms with van der Waals surface area (Å²) < 4.78 is 38.1. The van der Waals surface area contributed by atoms with Crippen LogP contribution in [0.2, 0.25) is 0 Å². The fourth-order valence-corrected chi connectivity index (χ4v) is 1.98. The summed E-state index contributed by atoms with van der Waals surface area (Å²) in [5, 5.41) is 13.5. The van der Waals surface area contributed by atoms with Crippen molar-refractivity contribution in [1.29, 1.82) is 5.26 Å². The van der Waals surface area contributed by atoms with Crippen molar-refractivity contribution in [3.8, 4) is 6.07 Å². The number of nitrogen functional groups attached to an aromatic ring is 1. The van der Waals surface area contributed by atoms with Gasteiger partial charge in [0.25, 0.3) is 11.8 Å². The number of anilines is 2. The number of nitriles is 1. The molecule has 0 unspecified atom stereocenters. The van der Waals surface area contributed by atoms with Gasteiger partial charge in [-0.05, 0) is 42.5 Å². The van der Waals surface area contributed by atoms with E-state index < -0.39 is 29.1 Å². The van der Waals surface area contributed by atoms with Crippen LogP contribution in [-0.4, -0.2) is 11.8 Å². The van der Waals surface area contributed by atoms with E-state index in [2.05, 4.69) is 10.6 Å². The maximum absolute atomic E-state index is 12.7. The molecule has 0 spiro atoms. The van der Waals surface area contributed by atoms with Gasteiger partial charge in [0.2, 0.25) is 0 Å². The Morgan fingerprint density at radius 1 is 1.11 bits per heavy atom. The van der Waals surface area contributed by atoms with Crippen LogP contribution in [0.1, 0.15) is 15.9 Å². The highest BCUT2D eigenvalue weighted by Gasteiger charge is 2.30. The van der Waals surface area contributed by atoms with E-state index in [9.17, 15) is 22.8 Å². The summed E-state index contributed by atoms with van der Waals surface area (Å²) in [5.41, 5.74) is 4.64. The molecule has 0 saturated heterocycles. The van der Waals surface area contributed by atoms with Crippen molar-refractivity contribution in [3.05, 3.63) is 71.4 Å². The third kappa shape index (κ3) is 5.34. The fraction of sp³-hybridized carbons (Fsp3) is 0.0556. The molecule has 0 radical (unpaired) electrons. The van der Waals surface area contributed by atoms with Gasteiger partial charge >= 0.3 is 6.18 Å². The van der Waals surface area contributed by atoms with Crippen molar-refractivity contribution in [2.24, 2.45) is 0 Å². The van der Waals surface area contributed by atoms with Gasteiger partial charge in [0.05, 0.1) is 5.56 Å². The van der Waals surface area contributed by atoms with Gasteiger partial charge in [0.1, 0.15) is 11.6 Å². The van der Waals surface area contributed by atoms with Gasteiger partial charge in [-0.25, -0.2) is 0 Å². The Labute approximate surface area is 152 Å². The first-order chi connectivity index (χ1) is 12.7. The van der Waals surface area contributed by atoms with Crippen LogP contribution in [0.4, 0.5) is 24.5 Å². The summed E-state index contributed by atoms with van der Waals surface area (Å²) in [6.07, 6.45) is -3.69. The minimum Gasteiger partial charge on any atom is -0.399 e. The van der Waals surface area contributed by atoms with Gasteiger partial charge in [-0.15, -0.1) is 0 Å². The first-order valence-electron chi connectivity index (χ1n) is 7.46. The van der Waals surface area contributed by atoms with E-state index in [-0.39, 0.29) is 11.3 Å². The smallest absolute Gasteiger partial charge is 0.399 e. The zero-order valence-corrected chi connectivity index (χ0v) is 13.7. The van der Waals surface area contributed by atoms with E-state index in [0.29, 0.717) is 5.69 Å². The number of rotatable bonds is 4. The number of carbonyl (C=O) groups excluding carboxylic acids is 2. The van der Waals surface area contributed by atoms with Gasteiger partial charge in [-0.1, -0.05) is 6.07 Å². The van der Waals surface area contributed by atoms with Crippen LogP contribution >= 0.6 is 0 Å². The number of hydrogen-bond acceptors (Lipinski definition) is 4. The number of carbonyl (C=O) groups is 2. The lowest BCUT2D eigenvalue weighted by atomic mass is 10.2. The number of benzene rings is 2. The largest absolute Gasteiger partial charge is 0.416 e. The molecule has 4 N–H and O–H groups in total. The maximum atomic E-state index is 12.7. The van der Waals surface area contributed by atoms with Crippen molar-refractivity contribution in [2.75, 3.05) is 11.1 Å². The molecule has 9 heteroatoms. The van der Waals surface area contributed by atoms with Crippen LogP contribution in [0.3, 0.4) is 0 Å². The number of nitrogens with one attached hydrogen (secondary N) is 2. The van der Waals surface area contributed by atoms with Crippen molar-refractivity contribution in [3.63, 3.8) is 0 Å². The molecule has 0 saturated carbocycles. The summed E-state index contributed by atoms with van der Waals surface area (Å²) in [4.78, 5) is 24.0. The number of nitrogens with zero attached hydrogens (tertiary/aromatic N) is 1. The van der Waals surface area contributed by atoms with E-state index in [0.717, 1.165) is 24.4 Å². The third-order valence-corrected chi connectivity index (χ3v) is 3.33. The molecule has 6 nitrogen and oxygen atoms in total. The van der Waals surface area contributed by atoms with E-state index in [1.54, 1.807) is 6.07 Å². The normalized spacial score (nSPS) is 11.4. The minimum absolute atomic E-state index is 0.138. The third-order valence-electron chi connectivity index (χ3n) is 3.33. The Kier molecular flexibility index (Phi) is 5.82. The number of hydrogen-bond donors (Lipinski definition) is 3. The van der Waals surface area contributed by atoms with E-state index in [1.165, 1.54) is 30.3 Å². The highest BCUT2D eigenvalue weighted by Crippen LogP contribution is 2.30. The van der Waals surface area contributed by atoms with Gasteiger partial charge in [-0.2, -0.15) is 18.4 Å². The van der Waals surface area contributed by atoms with Crippen LogP contribution in [0.15, 0.2) is 60.3 Å². The number of halogens is 3. The molecule has 2 amide bonds. The highest BCUT2D eigenvalue weighted by molar-refractivity contribution is 6.07. The summed E-state index contributed by atoms with van der Waals surface area (Å²) in [6, 6.07) is 11.4. The molecule has 0 fully saturated rings. The SMILES string of the molecule is N#C/C(=C/NC(=O)c1ccc(N)cc1)C(=O)Nc1cccc(C(F)(F)F)c1. The van der Waals surface area contributed by atoms with E-state index in [4.69, 9.17) is 11.0 Å². The predicted molar refractivity (Wildman–Crippen MR) is 92.1 cm³/mol. The molecule has 0 aromatic heterocycles. The molecular weight excluding hydrogens is 361 g/mol. The Balaban J connectivity index is 2.09. The molecule has 0 bridgehead atoms. The second kappa shape index (κ2) is 8.05. The van der Waals surface area contributed by atoms with Crippen LogP contribution in [0.5, 0.6) is 0 Å². The molecule has 2 aromatic rings. The van der Waals surface area contributed by atoms with Crippen LogP contribution in [-0.2, 0) is 11.0 Å². The summed E-state index contributed by atoms with van der Waals surface area (Å²) in [5.74, 6) is -1.55. The second-order valence-corrected chi connectivity index (χ2v) is 5.30. The average molecular weight is 374 g/mol. The number of alkyl halides is 3. The predicted octanol–water partition coefficient (Wildman–Crippen LogP) is 3.06. The summed E-state index contributed by atoms with van der Waals surface area (Å²) in [7, 11) is 0. The zero-order valence-electron chi connectivity index (χ0n) is 13.7. The molecule has 0 atom stereocenters. The second-order valence-electron chi connectivity index (χ2n) is 5.30. The molecule has 0 aliphatic carbocycles. The molecule has 2 rings (SSSR count). The van der Waals surface area contributed by atoms with E-state index >= 15 is 0 Å². The van der Waals surface area contributed by atoms with Gasteiger partial charge in [0.15, 0.2) is 0 Å². The first-order valence-corrected chi connectivity index (χ1v) is 7.46. The molecule has 2 aromatic carbocycles. The molecule has 138 valence electrons. The van der Waals surface area contributed by atoms with Crippen molar-refractivity contribution < 1.29 is 22.8 Å². The molecule has 0 aliphatic heterocycles. The summed E-state index contributed by atoms with van der Waals surface area (Å²) in [6.45, 7) is 0. The van der Waals surface area contributed by atoms with Crippen molar-refractivity contribution in [2.45, 2.75) is 6.18 Å². The number of amides is 2. The van der Waals surface area contributed by atoms with Gasteiger partial charge < -0.3 is 16.4 Å². The summed E-state index contributed by atoms with van der Waals surface area (Å²) >= 11 is 0. The fourth-order valence-electron chi connectivity index (χ4n) is 1.98. The monoisotopic (exact) mass is 374 g/mol. The Hall–Kier alpha value is -3.80. The van der Waals surface area contributed by atoms with Crippen LogP contribution in [0, 0.1) is 11.3 Å². The lowest BCUT2D eigenvalue weighted by molar-refractivity contribution is -0.137. The minimum atomic E-state index is -4.57. The van der Waals surface area contributed by atoms with Crippen molar-refractivity contribution in [1.82, 2.24) is 5.32 Å². The molecular formula is C18H13F3N4O2. The molecule has 0 heterocycles. The topological polar surface area (TPSA) is 108 Å². The highest BCUT2D eigenvalue weighted by atomic mass is 19.4. The van der Waals surface area contributed by atoms with Crippen molar-refractivity contribution >= 4 is 23.2 Å². The molecule has 0 aliphatic rings. The van der Waals surface area contributed by atoms with E-state index in [1.807, 2.05) is 0 Å². The van der Waals surface area contributed by atoms with Gasteiger partial charge in [-0.3, -0.25) is 9.59 Å². The lowest BCUT2D eigenvalue weighted by Crippen LogP contribution is -2.21. The lowest BCUT2D eigenvalue weighted by Gasteiger charge is -2.09. The Bertz CT molecular complexity index is 929.